The van der Waals surface area contributed by atoms with Gasteiger partial charge in [-0.2, -0.15) is 0 Å². The van der Waals surface area contributed by atoms with Crippen molar-refractivity contribution in [1.82, 2.24) is 5.32 Å². The van der Waals surface area contributed by atoms with E-state index in [1.165, 1.54) is 17.0 Å². The molecule has 1 aliphatic heterocycles. The Morgan fingerprint density at radius 3 is 2.75 bits per heavy atom. The summed E-state index contributed by atoms with van der Waals surface area (Å²) >= 11 is 7.70. The van der Waals surface area contributed by atoms with E-state index in [2.05, 4.69) is 11.4 Å². The Morgan fingerprint density at radius 1 is 1.29 bits per heavy atom. The van der Waals surface area contributed by atoms with Crippen molar-refractivity contribution in [3.05, 3.63) is 57.0 Å². The van der Waals surface area contributed by atoms with Crippen molar-refractivity contribution in [1.29, 1.82) is 0 Å². The standard InChI is InChI=1S/C18H19ClFNO2S/c19-14-3-1-4-15(20)13(14)11-17(22)21-12-18(6-8-23-9-7-18)16-5-2-10-24-16/h1-5,10H,6-9,11-12H2,(H,21,22). The molecule has 3 rings (SSSR count). The van der Waals surface area contributed by atoms with Crippen molar-refractivity contribution in [3.63, 3.8) is 0 Å². The molecule has 128 valence electrons. The Kier molecular flexibility index (Phi) is 5.54. The zero-order valence-corrected chi connectivity index (χ0v) is 14.8. The number of amides is 1. The Hall–Kier alpha value is -1.43. The lowest BCUT2D eigenvalue weighted by atomic mass is 9.78. The van der Waals surface area contributed by atoms with E-state index >= 15 is 0 Å². The molecule has 1 amide bonds. The highest BCUT2D eigenvalue weighted by Gasteiger charge is 2.35. The normalized spacial score (nSPS) is 16.8. The first-order valence-electron chi connectivity index (χ1n) is 7.92. The van der Waals surface area contributed by atoms with Crippen LogP contribution in [0.3, 0.4) is 0 Å². The summed E-state index contributed by atoms with van der Waals surface area (Å²) in [6.07, 6.45) is 1.69. The molecule has 2 aromatic rings. The predicted octanol–water partition coefficient (Wildman–Crippen LogP) is 3.95. The minimum atomic E-state index is -0.448. The fraction of sp³-hybridized carbons (Fsp3) is 0.389. The van der Waals surface area contributed by atoms with Crippen LogP contribution in [-0.2, 0) is 21.4 Å². The highest BCUT2D eigenvalue weighted by molar-refractivity contribution is 7.10. The van der Waals surface area contributed by atoms with Crippen molar-refractivity contribution in [2.75, 3.05) is 19.8 Å². The molecule has 1 fully saturated rings. The van der Waals surface area contributed by atoms with Crippen LogP contribution in [0.15, 0.2) is 35.7 Å². The number of hydrogen-bond donors (Lipinski definition) is 1. The molecule has 1 N–H and O–H groups in total. The largest absolute Gasteiger partial charge is 0.381 e. The number of nitrogens with one attached hydrogen (secondary N) is 1. The first-order chi connectivity index (χ1) is 11.6. The number of ether oxygens (including phenoxy) is 1. The van der Waals surface area contributed by atoms with Gasteiger partial charge in [-0.15, -0.1) is 11.3 Å². The highest BCUT2D eigenvalue weighted by Crippen LogP contribution is 2.37. The van der Waals surface area contributed by atoms with Crippen molar-refractivity contribution >= 4 is 28.8 Å². The van der Waals surface area contributed by atoms with Gasteiger partial charge in [-0.05, 0) is 36.4 Å². The second kappa shape index (κ2) is 7.64. The van der Waals surface area contributed by atoms with Gasteiger partial charge in [0.15, 0.2) is 0 Å². The second-order valence-electron chi connectivity index (χ2n) is 6.02. The maximum absolute atomic E-state index is 13.8. The number of thiophene rings is 1. The third kappa shape index (κ3) is 3.79. The first kappa shape index (κ1) is 17.4. The van der Waals surface area contributed by atoms with E-state index in [9.17, 15) is 9.18 Å². The lowest BCUT2D eigenvalue weighted by Crippen LogP contribution is -2.44. The summed E-state index contributed by atoms with van der Waals surface area (Å²) in [4.78, 5) is 13.6. The summed E-state index contributed by atoms with van der Waals surface area (Å²) in [6, 6.07) is 8.58. The van der Waals surface area contributed by atoms with E-state index in [1.54, 1.807) is 17.4 Å². The molecule has 1 aromatic carbocycles. The van der Waals surface area contributed by atoms with Crippen LogP contribution in [0.25, 0.3) is 0 Å². The molecule has 3 nitrogen and oxygen atoms in total. The zero-order valence-electron chi connectivity index (χ0n) is 13.2. The van der Waals surface area contributed by atoms with Gasteiger partial charge in [-0.3, -0.25) is 4.79 Å². The summed E-state index contributed by atoms with van der Waals surface area (Å²) in [5.41, 5.74) is 0.148. The van der Waals surface area contributed by atoms with Gasteiger partial charge >= 0.3 is 0 Å². The molecule has 0 atom stereocenters. The monoisotopic (exact) mass is 367 g/mol. The molecule has 0 spiro atoms. The van der Waals surface area contributed by atoms with Crippen molar-refractivity contribution in [3.8, 4) is 0 Å². The number of hydrogen-bond acceptors (Lipinski definition) is 3. The predicted molar refractivity (Wildman–Crippen MR) is 94.2 cm³/mol. The smallest absolute Gasteiger partial charge is 0.224 e. The molecular weight excluding hydrogens is 349 g/mol. The molecular formula is C18H19ClFNO2S. The molecule has 1 aliphatic rings. The lowest BCUT2D eigenvalue weighted by molar-refractivity contribution is -0.121. The Labute approximate surface area is 149 Å². The third-order valence-electron chi connectivity index (χ3n) is 4.52. The fourth-order valence-electron chi connectivity index (χ4n) is 3.04. The number of carbonyl (C=O) groups excluding carboxylic acids is 1. The van der Waals surface area contributed by atoms with Crippen molar-refractivity contribution in [2.24, 2.45) is 0 Å². The van der Waals surface area contributed by atoms with Gasteiger partial charge in [0.1, 0.15) is 5.82 Å². The first-order valence-corrected chi connectivity index (χ1v) is 9.18. The van der Waals surface area contributed by atoms with Crippen LogP contribution in [0.5, 0.6) is 0 Å². The van der Waals surface area contributed by atoms with E-state index in [0.717, 1.165) is 12.8 Å². The van der Waals surface area contributed by atoms with E-state index < -0.39 is 5.82 Å². The molecule has 6 heteroatoms. The van der Waals surface area contributed by atoms with E-state index in [1.807, 2.05) is 11.4 Å². The third-order valence-corrected chi connectivity index (χ3v) is 5.99. The summed E-state index contributed by atoms with van der Waals surface area (Å²) in [6.45, 7) is 1.90. The lowest BCUT2D eigenvalue weighted by Gasteiger charge is -2.36. The fourth-order valence-corrected chi connectivity index (χ4v) is 4.26. The Morgan fingerprint density at radius 2 is 2.08 bits per heavy atom. The van der Waals surface area contributed by atoms with Crippen LogP contribution in [0.2, 0.25) is 5.02 Å². The van der Waals surface area contributed by atoms with Crippen molar-refractivity contribution in [2.45, 2.75) is 24.7 Å². The van der Waals surface area contributed by atoms with Gasteiger partial charge < -0.3 is 10.1 Å². The highest BCUT2D eigenvalue weighted by atomic mass is 35.5. The minimum absolute atomic E-state index is 0.0530. The molecule has 0 saturated carbocycles. The summed E-state index contributed by atoms with van der Waals surface area (Å²) in [5.74, 6) is -0.666. The number of carbonyl (C=O) groups is 1. The number of rotatable bonds is 5. The van der Waals surface area contributed by atoms with Crippen molar-refractivity contribution < 1.29 is 13.9 Å². The molecule has 1 saturated heterocycles. The van der Waals surface area contributed by atoms with Crippen LogP contribution < -0.4 is 5.32 Å². The van der Waals surface area contributed by atoms with Gasteiger partial charge in [0.2, 0.25) is 5.91 Å². The Bertz CT molecular complexity index is 679. The average Bonchev–Trinajstić information content (AvgIpc) is 3.13. The van der Waals surface area contributed by atoms with Crippen LogP contribution in [0, 0.1) is 5.82 Å². The molecule has 1 aromatic heterocycles. The molecule has 2 heterocycles. The molecule has 24 heavy (non-hydrogen) atoms. The molecule has 0 bridgehead atoms. The van der Waals surface area contributed by atoms with E-state index in [0.29, 0.717) is 19.8 Å². The summed E-state index contributed by atoms with van der Waals surface area (Å²) < 4.78 is 19.3. The van der Waals surface area contributed by atoms with Gasteiger partial charge in [-0.25, -0.2) is 4.39 Å². The van der Waals surface area contributed by atoms with E-state index in [-0.39, 0.29) is 28.3 Å². The van der Waals surface area contributed by atoms with E-state index in [4.69, 9.17) is 16.3 Å². The minimum Gasteiger partial charge on any atom is -0.381 e. The number of halogens is 2. The molecule has 0 aliphatic carbocycles. The van der Waals surface area contributed by atoms with Gasteiger partial charge in [-0.1, -0.05) is 23.7 Å². The van der Waals surface area contributed by atoms with Crippen LogP contribution in [-0.4, -0.2) is 25.7 Å². The second-order valence-corrected chi connectivity index (χ2v) is 7.38. The van der Waals surface area contributed by atoms with Crippen LogP contribution in [0.4, 0.5) is 4.39 Å². The Balaban J connectivity index is 1.68. The van der Waals surface area contributed by atoms with Gasteiger partial charge in [0.25, 0.3) is 0 Å². The van der Waals surface area contributed by atoms with Gasteiger partial charge in [0.05, 0.1) is 6.42 Å². The quantitative estimate of drug-likeness (QED) is 0.869. The van der Waals surface area contributed by atoms with Gasteiger partial charge in [0, 0.05) is 40.6 Å². The summed E-state index contributed by atoms with van der Waals surface area (Å²) in [7, 11) is 0. The zero-order chi connectivity index (χ0) is 17.0. The summed E-state index contributed by atoms with van der Waals surface area (Å²) in [5, 5.41) is 5.30. The SMILES string of the molecule is O=C(Cc1c(F)cccc1Cl)NCC1(c2cccs2)CCOCC1. The topological polar surface area (TPSA) is 38.3 Å². The maximum atomic E-state index is 13.8. The molecule has 0 radical (unpaired) electrons. The van der Waals surface area contributed by atoms with Crippen LogP contribution >= 0.6 is 22.9 Å². The molecule has 0 unspecified atom stereocenters. The maximum Gasteiger partial charge on any atom is 0.224 e. The number of benzene rings is 1. The van der Waals surface area contributed by atoms with Crippen LogP contribution in [0.1, 0.15) is 23.3 Å². The average molecular weight is 368 g/mol.